The Labute approximate surface area is 234 Å². The number of ether oxygens (including phenoxy) is 4. The SMILES string of the molecule is COCCN(CC(=O)N1N=C(c2cccc(OC)c2)CC1c1ccc(OC)cc1)C(=O)Nc1ccccc1OC. The van der Waals surface area contributed by atoms with Gasteiger partial charge in [-0.1, -0.05) is 36.4 Å². The Morgan fingerprint density at radius 3 is 2.38 bits per heavy atom. The molecule has 0 saturated heterocycles. The Bertz CT molecular complexity index is 1340. The van der Waals surface area contributed by atoms with Gasteiger partial charge in [0.25, 0.3) is 5.91 Å². The van der Waals surface area contributed by atoms with Gasteiger partial charge in [0.15, 0.2) is 0 Å². The number of methoxy groups -OCH3 is 4. The Morgan fingerprint density at radius 2 is 1.68 bits per heavy atom. The van der Waals surface area contributed by atoms with Gasteiger partial charge in [0.2, 0.25) is 0 Å². The quantitative estimate of drug-likeness (QED) is 0.378. The summed E-state index contributed by atoms with van der Waals surface area (Å²) in [5, 5.41) is 9.05. The number of urea groups is 1. The molecule has 0 bridgehead atoms. The Morgan fingerprint density at radius 1 is 0.925 bits per heavy atom. The van der Waals surface area contributed by atoms with Crippen LogP contribution in [-0.2, 0) is 9.53 Å². The third kappa shape index (κ3) is 6.70. The van der Waals surface area contributed by atoms with Gasteiger partial charge in [-0.25, -0.2) is 9.80 Å². The lowest BCUT2D eigenvalue weighted by atomic mass is 9.98. The molecule has 40 heavy (non-hydrogen) atoms. The molecule has 1 aliphatic rings. The number of carbonyl (C=O) groups is 2. The standard InChI is InChI=1S/C30H34N4O6/c1-37-17-16-33(30(36)31-25-10-5-6-11-28(25)40-4)20-29(35)34-27(21-12-14-23(38-2)15-13-21)19-26(32-34)22-8-7-9-24(18-22)39-3/h5-15,18,27H,16-17,19-20H2,1-4H3,(H,31,36). The van der Waals surface area contributed by atoms with Crippen molar-refractivity contribution in [3.63, 3.8) is 0 Å². The van der Waals surface area contributed by atoms with Crippen LogP contribution in [0, 0.1) is 0 Å². The molecule has 0 saturated carbocycles. The second-order valence-electron chi connectivity index (χ2n) is 9.05. The van der Waals surface area contributed by atoms with Crippen LogP contribution < -0.4 is 19.5 Å². The van der Waals surface area contributed by atoms with Gasteiger partial charge in [0.05, 0.1) is 45.4 Å². The lowest BCUT2D eigenvalue weighted by Crippen LogP contribution is -2.44. The maximum absolute atomic E-state index is 13.8. The minimum absolute atomic E-state index is 0.202. The largest absolute Gasteiger partial charge is 0.497 e. The maximum Gasteiger partial charge on any atom is 0.322 e. The van der Waals surface area contributed by atoms with Crippen LogP contribution in [0.5, 0.6) is 17.2 Å². The molecule has 0 fully saturated rings. The first-order chi connectivity index (χ1) is 19.5. The van der Waals surface area contributed by atoms with Crippen molar-refractivity contribution in [2.24, 2.45) is 5.10 Å². The molecule has 0 radical (unpaired) electrons. The van der Waals surface area contributed by atoms with E-state index in [0.717, 1.165) is 16.8 Å². The molecule has 10 heteroatoms. The van der Waals surface area contributed by atoms with E-state index in [1.54, 1.807) is 39.5 Å². The first kappa shape index (κ1) is 28.4. The molecule has 1 N–H and O–H groups in total. The summed E-state index contributed by atoms with van der Waals surface area (Å²) in [6.45, 7) is 0.259. The van der Waals surface area contributed by atoms with E-state index in [1.165, 1.54) is 17.0 Å². The lowest BCUT2D eigenvalue weighted by molar-refractivity contribution is -0.133. The van der Waals surface area contributed by atoms with E-state index in [9.17, 15) is 9.59 Å². The van der Waals surface area contributed by atoms with Crippen molar-refractivity contribution in [1.29, 1.82) is 0 Å². The summed E-state index contributed by atoms with van der Waals surface area (Å²) < 4.78 is 21.3. The zero-order valence-electron chi connectivity index (χ0n) is 23.1. The fourth-order valence-corrected chi connectivity index (χ4v) is 4.43. The van der Waals surface area contributed by atoms with Gasteiger partial charge in [-0.3, -0.25) is 4.79 Å². The van der Waals surface area contributed by atoms with Gasteiger partial charge in [-0.15, -0.1) is 0 Å². The number of carbonyl (C=O) groups excluding carboxylic acids is 2. The second kappa shape index (κ2) is 13.5. The summed E-state index contributed by atoms with van der Waals surface area (Å²) in [5.74, 6) is 1.60. The molecule has 10 nitrogen and oxygen atoms in total. The molecule has 210 valence electrons. The van der Waals surface area contributed by atoms with Crippen LogP contribution in [0.2, 0.25) is 0 Å². The van der Waals surface area contributed by atoms with Crippen molar-refractivity contribution in [2.75, 3.05) is 53.5 Å². The minimum atomic E-state index is -0.452. The first-order valence-electron chi connectivity index (χ1n) is 12.8. The Balaban J connectivity index is 1.61. The van der Waals surface area contributed by atoms with E-state index in [0.29, 0.717) is 29.4 Å². The van der Waals surface area contributed by atoms with Crippen LogP contribution in [0.1, 0.15) is 23.6 Å². The van der Waals surface area contributed by atoms with Gasteiger partial charge in [0.1, 0.15) is 23.8 Å². The van der Waals surface area contributed by atoms with E-state index in [-0.39, 0.29) is 31.6 Å². The smallest absolute Gasteiger partial charge is 0.322 e. The normalized spacial score (nSPS) is 14.3. The van der Waals surface area contributed by atoms with Crippen LogP contribution in [0.25, 0.3) is 0 Å². The van der Waals surface area contributed by atoms with Crippen molar-refractivity contribution in [3.8, 4) is 17.2 Å². The summed E-state index contributed by atoms with van der Waals surface area (Å²) in [6.07, 6.45) is 0.497. The number of hydrogen-bond acceptors (Lipinski definition) is 7. The zero-order valence-corrected chi connectivity index (χ0v) is 23.1. The molecule has 4 rings (SSSR count). The molecule has 0 spiro atoms. The number of nitrogens with zero attached hydrogens (tertiary/aromatic N) is 3. The van der Waals surface area contributed by atoms with Crippen molar-refractivity contribution in [1.82, 2.24) is 9.91 Å². The highest BCUT2D eigenvalue weighted by molar-refractivity contribution is 6.04. The molecule has 0 aliphatic carbocycles. The predicted molar refractivity (Wildman–Crippen MR) is 152 cm³/mol. The highest BCUT2D eigenvalue weighted by atomic mass is 16.5. The molecule has 0 aromatic heterocycles. The van der Waals surface area contributed by atoms with Crippen LogP contribution in [-0.4, -0.2) is 75.7 Å². The molecule has 3 amide bonds. The fraction of sp³-hybridized carbons (Fsp3) is 0.300. The monoisotopic (exact) mass is 546 g/mol. The number of rotatable bonds is 11. The van der Waals surface area contributed by atoms with Crippen LogP contribution in [0.15, 0.2) is 77.9 Å². The third-order valence-corrected chi connectivity index (χ3v) is 6.60. The van der Waals surface area contributed by atoms with Gasteiger partial charge in [-0.2, -0.15) is 5.10 Å². The molecular weight excluding hydrogens is 512 g/mol. The highest BCUT2D eigenvalue weighted by Crippen LogP contribution is 2.34. The van der Waals surface area contributed by atoms with Gasteiger partial charge in [-0.05, 0) is 42.0 Å². The molecule has 1 atom stereocenters. The lowest BCUT2D eigenvalue weighted by Gasteiger charge is -2.27. The number of amides is 3. The zero-order chi connectivity index (χ0) is 28.5. The third-order valence-electron chi connectivity index (χ3n) is 6.60. The molecular formula is C30H34N4O6. The van der Waals surface area contributed by atoms with Crippen LogP contribution >= 0.6 is 0 Å². The molecule has 1 aliphatic heterocycles. The maximum atomic E-state index is 13.8. The molecule has 3 aromatic rings. The molecule has 1 heterocycles. The predicted octanol–water partition coefficient (Wildman–Crippen LogP) is 4.57. The molecule has 1 unspecified atom stereocenters. The average Bonchev–Trinajstić information content (AvgIpc) is 3.45. The second-order valence-corrected chi connectivity index (χ2v) is 9.05. The van der Waals surface area contributed by atoms with Crippen molar-refractivity contribution in [2.45, 2.75) is 12.5 Å². The van der Waals surface area contributed by atoms with Gasteiger partial charge >= 0.3 is 6.03 Å². The van der Waals surface area contributed by atoms with Crippen molar-refractivity contribution in [3.05, 3.63) is 83.9 Å². The summed E-state index contributed by atoms with van der Waals surface area (Å²) in [5.41, 5.74) is 3.01. The Kier molecular flexibility index (Phi) is 9.58. The molecule has 3 aromatic carbocycles. The van der Waals surface area contributed by atoms with Crippen molar-refractivity contribution >= 4 is 23.3 Å². The number of hydrazone groups is 1. The first-order valence-corrected chi connectivity index (χ1v) is 12.8. The Hall–Kier alpha value is -4.57. The summed E-state index contributed by atoms with van der Waals surface area (Å²) in [6, 6.07) is 21.4. The van der Waals surface area contributed by atoms with Crippen LogP contribution in [0.3, 0.4) is 0 Å². The summed E-state index contributed by atoms with van der Waals surface area (Å²) in [4.78, 5) is 28.5. The van der Waals surface area contributed by atoms with E-state index in [4.69, 9.17) is 24.0 Å². The summed E-state index contributed by atoms with van der Waals surface area (Å²) in [7, 11) is 6.29. The van der Waals surface area contributed by atoms with E-state index in [1.807, 2.05) is 54.6 Å². The number of para-hydroxylation sites is 2. The topological polar surface area (TPSA) is 102 Å². The van der Waals surface area contributed by atoms with Crippen molar-refractivity contribution < 1.29 is 28.5 Å². The van der Waals surface area contributed by atoms with Crippen LogP contribution in [0.4, 0.5) is 10.5 Å². The van der Waals surface area contributed by atoms with Gasteiger partial charge < -0.3 is 29.2 Å². The fourth-order valence-electron chi connectivity index (χ4n) is 4.43. The minimum Gasteiger partial charge on any atom is -0.497 e. The highest BCUT2D eigenvalue weighted by Gasteiger charge is 2.34. The average molecular weight is 547 g/mol. The van der Waals surface area contributed by atoms with E-state index < -0.39 is 6.03 Å². The summed E-state index contributed by atoms with van der Waals surface area (Å²) >= 11 is 0. The number of anilines is 1. The number of hydrogen-bond donors (Lipinski definition) is 1. The van der Waals surface area contributed by atoms with E-state index >= 15 is 0 Å². The number of nitrogens with one attached hydrogen (secondary N) is 1. The number of benzene rings is 3. The van der Waals surface area contributed by atoms with Gasteiger partial charge in [0, 0.05) is 25.6 Å². The van der Waals surface area contributed by atoms with E-state index in [2.05, 4.69) is 5.32 Å².